The highest BCUT2D eigenvalue weighted by Crippen LogP contribution is 2.29. The fourth-order valence-electron chi connectivity index (χ4n) is 6.65. The quantitative estimate of drug-likeness (QED) is 0.266. The number of aromatic carboxylic acids is 1. The minimum absolute atomic E-state index is 0.00565. The minimum Gasteiger partial charge on any atom is -0.507 e. The lowest BCUT2D eigenvalue weighted by Crippen LogP contribution is -2.53. The molecular formula is C36H39N5O7. The number of hydrogen-bond acceptors (Lipinski definition) is 8. The summed E-state index contributed by atoms with van der Waals surface area (Å²) in [5.74, 6) is -0.548. The molecule has 0 bridgehead atoms. The first kappa shape index (κ1) is 32.5. The number of carboxylic acid groups (broad SMARTS) is 1. The number of aromatic nitrogens is 2. The van der Waals surface area contributed by atoms with Crippen LogP contribution in [-0.4, -0.2) is 93.3 Å². The van der Waals surface area contributed by atoms with E-state index in [2.05, 4.69) is 9.97 Å². The maximum Gasteiger partial charge on any atom is 0.410 e. The Morgan fingerprint density at radius 2 is 1.62 bits per heavy atom. The number of hydrogen-bond donors (Lipinski definition) is 3. The first-order valence-electron chi connectivity index (χ1n) is 16.2. The van der Waals surface area contributed by atoms with Gasteiger partial charge in [-0.2, -0.15) is 0 Å². The van der Waals surface area contributed by atoms with Crippen molar-refractivity contribution in [1.29, 1.82) is 0 Å². The number of piperazine rings is 1. The molecular weight excluding hydrogens is 614 g/mol. The molecule has 6 rings (SSSR count). The number of aryl methyl sites for hydroxylation is 2. The van der Waals surface area contributed by atoms with Crippen molar-refractivity contribution in [3.63, 3.8) is 0 Å². The normalized spacial score (nSPS) is 16.2. The maximum absolute atomic E-state index is 13.9. The van der Waals surface area contributed by atoms with Crippen LogP contribution >= 0.6 is 0 Å². The van der Waals surface area contributed by atoms with E-state index < -0.39 is 18.2 Å². The Hall–Kier alpha value is -5.39. The van der Waals surface area contributed by atoms with Gasteiger partial charge in [0, 0.05) is 63.0 Å². The fraction of sp³-hybridized carbons (Fsp3) is 0.361. The van der Waals surface area contributed by atoms with E-state index in [1.54, 1.807) is 41.8 Å². The molecule has 0 unspecified atom stereocenters. The van der Waals surface area contributed by atoms with Crippen molar-refractivity contribution in [1.82, 2.24) is 19.8 Å². The third-order valence-corrected chi connectivity index (χ3v) is 9.38. The zero-order valence-corrected chi connectivity index (χ0v) is 27.0. The Bertz CT molecular complexity index is 1870. The second-order valence-electron chi connectivity index (χ2n) is 12.6. The number of carboxylic acids is 1. The number of fused-ring (bicyclic) bond motifs is 1. The van der Waals surface area contributed by atoms with E-state index in [-0.39, 0.29) is 35.1 Å². The summed E-state index contributed by atoms with van der Waals surface area (Å²) < 4.78 is 5.97. The molecule has 2 fully saturated rings. The van der Waals surface area contributed by atoms with Gasteiger partial charge in [-0.3, -0.25) is 9.59 Å². The monoisotopic (exact) mass is 653 g/mol. The van der Waals surface area contributed by atoms with E-state index in [9.17, 15) is 24.3 Å². The molecule has 3 N–H and O–H groups in total. The number of rotatable bonds is 7. The van der Waals surface area contributed by atoms with Crippen LogP contribution in [0.15, 0.2) is 65.6 Å². The number of phenolic OH excluding ortho intramolecular Hbond substituents is 1. The summed E-state index contributed by atoms with van der Waals surface area (Å²) in [6, 6.07) is 16.3. The highest BCUT2D eigenvalue weighted by Gasteiger charge is 2.34. The number of carbonyl (C=O) groups excluding carboxylic acids is 2. The summed E-state index contributed by atoms with van der Waals surface area (Å²) in [5.41, 5.74) is 3.59. The molecule has 2 aliphatic rings. The molecule has 0 aliphatic carbocycles. The highest BCUT2D eigenvalue weighted by molar-refractivity contribution is 5.87. The van der Waals surface area contributed by atoms with Gasteiger partial charge in [-0.1, -0.05) is 30.3 Å². The van der Waals surface area contributed by atoms with Crippen LogP contribution in [0.3, 0.4) is 0 Å². The number of nitrogens with zero attached hydrogens (tertiary/aromatic N) is 4. The first-order valence-corrected chi connectivity index (χ1v) is 16.2. The summed E-state index contributed by atoms with van der Waals surface area (Å²) in [6.07, 6.45) is 0.987. The predicted molar refractivity (Wildman–Crippen MR) is 180 cm³/mol. The van der Waals surface area contributed by atoms with E-state index in [1.807, 2.05) is 35.2 Å². The SMILES string of the molecule is Cc1cc(C[C@@H](OC(=O)N2CCC(c3cc4ccccc4[nH]c3=O)CC2)C(=O)N2CCN(c3ccc(C(=O)O)cn3)CC2)cc(C)c1O. The number of carbonyl (C=O) groups is 3. The number of piperidine rings is 1. The smallest absolute Gasteiger partial charge is 0.410 e. The molecule has 1 atom stereocenters. The van der Waals surface area contributed by atoms with Crippen molar-refractivity contribution in [2.75, 3.05) is 44.2 Å². The lowest BCUT2D eigenvalue weighted by Gasteiger charge is -2.37. The van der Waals surface area contributed by atoms with Crippen LogP contribution in [0.1, 0.15) is 51.4 Å². The van der Waals surface area contributed by atoms with Gasteiger partial charge < -0.3 is 34.6 Å². The Kier molecular flexibility index (Phi) is 9.33. The number of benzene rings is 2. The van der Waals surface area contributed by atoms with E-state index in [4.69, 9.17) is 9.84 Å². The number of ether oxygens (including phenoxy) is 1. The third kappa shape index (κ3) is 6.97. The average molecular weight is 654 g/mol. The van der Waals surface area contributed by atoms with Gasteiger partial charge in [-0.25, -0.2) is 14.6 Å². The van der Waals surface area contributed by atoms with E-state index in [1.165, 1.54) is 12.3 Å². The van der Waals surface area contributed by atoms with Gasteiger partial charge in [0.2, 0.25) is 0 Å². The maximum atomic E-state index is 13.9. The van der Waals surface area contributed by atoms with Crippen LogP contribution in [-0.2, 0) is 16.0 Å². The van der Waals surface area contributed by atoms with Crippen LogP contribution in [0.5, 0.6) is 5.75 Å². The number of amides is 2. The Balaban J connectivity index is 1.13. The van der Waals surface area contributed by atoms with Crippen LogP contribution < -0.4 is 10.5 Å². The fourth-order valence-corrected chi connectivity index (χ4v) is 6.65. The van der Waals surface area contributed by atoms with Gasteiger partial charge in [0.05, 0.1) is 5.56 Å². The topological polar surface area (TPSA) is 156 Å². The largest absolute Gasteiger partial charge is 0.507 e. The predicted octanol–water partition coefficient (Wildman–Crippen LogP) is 4.22. The zero-order chi connectivity index (χ0) is 33.9. The molecule has 12 nitrogen and oxygen atoms in total. The molecule has 0 radical (unpaired) electrons. The summed E-state index contributed by atoms with van der Waals surface area (Å²) in [6.45, 7) is 6.05. The van der Waals surface area contributed by atoms with Gasteiger partial charge >= 0.3 is 12.1 Å². The molecule has 4 heterocycles. The molecule has 250 valence electrons. The first-order chi connectivity index (χ1) is 23.1. The summed E-state index contributed by atoms with van der Waals surface area (Å²) >= 11 is 0. The van der Waals surface area contributed by atoms with Crippen molar-refractivity contribution >= 4 is 34.7 Å². The number of phenols is 1. The van der Waals surface area contributed by atoms with Crippen molar-refractivity contribution in [3.8, 4) is 5.75 Å². The molecule has 0 saturated carbocycles. The Morgan fingerprint density at radius 3 is 2.27 bits per heavy atom. The number of anilines is 1. The number of aromatic hydroxyl groups is 1. The number of pyridine rings is 2. The lowest BCUT2D eigenvalue weighted by atomic mass is 9.89. The highest BCUT2D eigenvalue weighted by atomic mass is 16.6. The minimum atomic E-state index is -1.08. The van der Waals surface area contributed by atoms with Crippen LogP contribution in [0.25, 0.3) is 10.9 Å². The summed E-state index contributed by atoms with van der Waals surface area (Å²) in [7, 11) is 0. The third-order valence-electron chi connectivity index (χ3n) is 9.38. The molecule has 2 aromatic carbocycles. The molecule has 2 aliphatic heterocycles. The molecule has 12 heteroatoms. The van der Waals surface area contributed by atoms with Crippen molar-refractivity contribution in [2.45, 2.75) is 45.1 Å². The molecule has 48 heavy (non-hydrogen) atoms. The number of aromatic amines is 1. The lowest BCUT2D eigenvalue weighted by molar-refractivity contribution is -0.141. The van der Waals surface area contributed by atoms with Crippen LogP contribution in [0.2, 0.25) is 0 Å². The standard InChI is InChI=1S/C36H39N5O7/c1-22-17-24(18-23(2)32(22)42)19-30(34(44)40-15-13-39(14-16-40)31-8-7-27(21-37-31)35(45)46)48-36(47)41-11-9-25(10-12-41)28-20-26-5-3-4-6-29(26)38-33(28)43/h3-8,17-18,20-21,25,30,42H,9-16,19H2,1-2H3,(H,38,43)(H,45,46)/t30-/m1/s1. The number of nitrogens with one attached hydrogen (secondary N) is 1. The van der Waals surface area contributed by atoms with Gasteiger partial charge in [0.15, 0.2) is 6.10 Å². The Morgan fingerprint density at radius 1 is 0.938 bits per heavy atom. The molecule has 0 spiro atoms. The van der Waals surface area contributed by atoms with Gasteiger partial charge in [-0.05, 0) is 78.9 Å². The number of likely N-dealkylation sites (tertiary alicyclic amines) is 1. The average Bonchev–Trinajstić information content (AvgIpc) is 3.10. The number of para-hydroxylation sites is 1. The van der Waals surface area contributed by atoms with Gasteiger partial charge in [-0.15, -0.1) is 0 Å². The van der Waals surface area contributed by atoms with Gasteiger partial charge in [0.1, 0.15) is 11.6 Å². The summed E-state index contributed by atoms with van der Waals surface area (Å²) in [5, 5.41) is 20.4. The van der Waals surface area contributed by atoms with Crippen LogP contribution in [0.4, 0.5) is 10.6 Å². The molecule has 2 saturated heterocycles. The van der Waals surface area contributed by atoms with Crippen molar-refractivity contribution < 1.29 is 29.3 Å². The molecule has 2 amide bonds. The number of H-pyrrole nitrogens is 1. The molecule has 4 aromatic rings. The van der Waals surface area contributed by atoms with E-state index in [0.717, 1.165) is 16.5 Å². The van der Waals surface area contributed by atoms with Crippen molar-refractivity contribution in [3.05, 3.63) is 99.0 Å². The van der Waals surface area contributed by atoms with Crippen molar-refractivity contribution in [2.24, 2.45) is 0 Å². The van der Waals surface area contributed by atoms with E-state index in [0.29, 0.717) is 74.6 Å². The van der Waals surface area contributed by atoms with Gasteiger partial charge in [0.25, 0.3) is 11.5 Å². The van der Waals surface area contributed by atoms with Crippen LogP contribution in [0, 0.1) is 13.8 Å². The second kappa shape index (κ2) is 13.8. The zero-order valence-electron chi connectivity index (χ0n) is 27.0. The van der Waals surface area contributed by atoms with E-state index >= 15 is 0 Å². The molecule has 2 aromatic heterocycles. The Labute approximate surface area is 277 Å². The second-order valence-corrected chi connectivity index (χ2v) is 12.6. The summed E-state index contributed by atoms with van der Waals surface area (Å²) in [4.78, 5) is 64.0.